The highest BCUT2D eigenvalue weighted by atomic mass is 32.1. The van der Waals surface area contributed by atoms with E-state index in [0.717, 1.165) is 17.8 Å². The molecule has 3 unspecified atom stereocenters. The summed E-state index contributed by atoms with van der Waals surface area (Å²) in [5, 5.41) is 4.75. The molecule has 0 amide bonds. The lowest BCUT2D eigenvalue weighted by molar-refractivity contribution is 0.181. The second-order valence-corrected chi connectivity index (χ2v) is 7.36. The Balaban J connectivity index is 2.20. The number of rotatable bonds is 3. The zero-order valence-corrected chi connectivity index (χ0v) is 13.1. The molecule has 3 heteroatoms. The highest BCUT2D eigenvalue weighted by Gasteiger charge is 2.31. The number of aromatic nitrogens is 1. The smallest absolute Gasteiger partial charge is 0.0900 e. The first kappa shape index (κ1) is 14.0. The normalized spacial score (nSPS) is 30.4. The van der Waals surface area contributed by atoms with Crippen molar-refractivity contribution in [2.75, 3.05) is 7.05 Å². The standard InChI is InChI=1S/C15H26N2S/c1-9-6-10(2)8-13(7-9)14(16-5)15-11(3)17-12(4)18-15/h9-10,13-14,16H,6-8H2,1-5H3. The van der Waals surface area contributed by atoms with Crippen molar-refractivity contribution in [3.8, 4) is 0 Å². The van der Waals surface area contributed by atoms with Crippen LogP contribution < -0.4 is 5.32 Å². The van der Waals surface area contributed by atoms with E-state index in [-0.39, 0.29) is 0 Å². The summed E-state index contributed by atoms with van der Waals surface area (Å²) in [6.45, 7) is 9.07. The minimum atomic E-state index is 0.501. The van der Waals surface area contributed by atoms with Gasteiger partial charge in [0.05, 0.1) is 10.7 Å². The molecule has 0 spiro atoms. The van der Waals surface area contributed by atoms with E-state index in [4.69, 9.17) is 0 Å². The summed E-state index contributed by atoms with van der Waals surface area (Å²) in [5.41, 5.74) is 1.22. The number of nitrogens with zero attached hydrogens (tertiary/aromatic N) is 1. The van der Waals surface area contributed by atoms with Gasteiger partial charge in [0.2, 0.25) is 0 Å². The molecule has 102 valence electrons. The highest BCUT2D eigenvalue weighted by molar-refractivity contribution is 7.11. The number of hydrogen-bond acceptors (Lipinski definition) is 3. The number of hydrogen-bond donors (Lipinski definition) is 1. The third-order valence-corrected chi connectivity index (χ3v) is 5.38. The predicted octanol–water partition coefficient (Wildman–Crippen LogP) is 4.09. The Morgan fingerprint density at radius 3 is 2.22 bits per heavy atom. The van der Waals surface area contributed by atoms with Crippen molar-refractivity contribution in [1.29, 1.82) is 0 Å². The first-order valence-corrected chi connectivity index (χ1v) is 7.94. The van der Waals surface area contributed by atoms with Crippen LogP contribution in [0.1, 0.15) is 54.7 Å². The molecule has 1 aromatic heterocycles. The fraction of sp³-hybridized carbons (Fsp3) is 0.800. The van der Waals surface area contributed by atoms with Crippen molar-refractivity contribution in [2.45, 2.75) is 53.0 Å². The zero-order chi connectivity index (χ0) is 13.3. The Morgan fingerprint density at radius 1 is 1.17 bits per heavy atom. The molecule has 3 atom stereocenters. The van der Waals surface area contributed by atoms with Crippen molar-refractivity contribution >= 4 is 11.3 Å². The summed E-state index contributed by atoms with van der Waals surface area (Å²) in [6, 6.07) is 0.501. The van der Waals surface area contributed by atoms with Gasteiger partial charge in [-0.1, -0.05) is 13.8 Å². The quantitative estimate of drug-likeness (QED) is 0.891. The molecule has 1 fully saturated rings. The lowest BCUT2D eigenvalue weighted by Gasteiger charge is -2.36. The van der Waals surface area contributed by atoms with E-state index < -0.39 is 0 Å². The summed E-state index contributed by atoms with van der Waals surface area (Å²) in [7, 11) is 2.10. The molecule has 1 heterocycles. The van der Waals surface area contributed by atoms with Crippen molar-refractivity contribution in [1.82, 2.24) is 10.3 Å². The largest absolute Gasteiger partial charge is 0.312 e. The lowest BCUT2D eigenvalue weighted by Crippen LogP contribution is -2.31. The van der Waals surface area contributed by atoms with Crippen LogP contribution in [0.4, 0.5) is 0 Å². The molecule has 1 aliphatic rings. The second kappa shape index (κ2) is 5.70. The molecule has 2 nitrogen and oxygen atoms in total. The SMILES string of the molecule is CNC(c1sc(C)nc1C)C1CC(C)CC(C)C1. The molecule has 0 bridgehead atoms. The van der Waals surface area contributed by atoms with Gasteiger partial charge in [-0.2, -0.15) is 0 Å². The van der Waals surface area contributed by atoms with E-state index in [2.05, 4.69) is 45.0 Å². The fourth-order valence-corrected chi connectivity index (χ4v) is 4.83. The molecule has 1 N–H and O–H groups in total. The van der Waals surface area contributed by atoms with Gasteiger partial charge in [-0.15, -0.1) is 11.3 Å². The van der Waals surface area contributed by atoms with Gasteiger partial charge in [0.15, 0.2) is 0 Å². The van der Waals surface area contributed by atoms with Gasteiger partial charge in [-0.05, 0) is 57.9 Å². The molecule has 1 aromatic rings. The van der Waals surface area contributed by atoms with E-state index in [1.165, 1.54) is 34.8 Å². The topological polar surface area (TPSA) is 24.9 Å². The van der Waals surface area contributed by atoms with Gasteiger partial charge in [0.1, 0.15) is 0 Å². The molecule has 18 heavy (non-hydrogen) atoms. The summed E-state index contributed by atoms with van der Waals surface area (Å²) >= 11 is 1.87. The minimum Gasteiger partial charge on any atom is -0.312 e. The van der Waals surface area contributed by atoms with Crippen LogP contribution in [0.2, 0.25) is 0 Å². The van der Waals surface area contributed by atoms with E-state index in [0.29, 0.717) is 6.04 Å². The molecule has 0 aliphatic heterocycles. The van der Waals surface area contributed by atoms with Crippen LogP contribution in [0.25, 0.3) is 0 Å². The number of nitrogens with one attached hydrogen (secondary N) is 1. The van der Waals surface area contributed by atoms with Crippen LogP contribution in [0.3, 0.4) is 0 Å². The van der Waals surface area contributed by atoms with Crippen LogP contribution >= 0.6 is 11.3 Å². The molecule has 1 aliphatic carbocycles. The van der Waals surface area contributed by atoms with E-state index in [1.54, 1.807) is 0 Å². The first-order valence-electron chi connectivity index (χ1n) is 7.12. The van der Waals surface area contributed by atoms with Crippen LogP contribution in [0.5, 0.6) is 0 Å². The summed E-state index contributed by atoms with van der Waals surface area (Å²) in [5.74, 6) is 2.50. The van der Waals surface area contributed by atoms with Crippen molar-refractivity contribution in [3.05, 3.63) is 15.6 Å². The Kier molecular flexibility index (Phi) is 4.44. The van der Waals surface area contributed by atoms with Crippen LogP contribution in [0.15, 0.2) is 0 Å². The predicted molar refractivity (Wildman–Crippen MR) is 79.1 cm³/mol. The summed E-state index contributed by atoms with van der Waals surface area (Å²) in [6.07, 6.45) is 4.10. The third kappa shape index (κ3) is 2.94. The molecular weight excluding hydrogens is 240 g/mol. The molecule has 2 rings (SSSR count). The van der Waals surface area contributed by atoms with Gasteiger partial charge in [0.25, 0.3) is 0 Å². The van der Waals surface area contributed by atoms with Crippen LogP contribution in [0, 0.1) is 31.6 Å². The molecular formula is C15H26N2S. The highest BCUT2D eigenvalue weighted by Crippen LogP contribution is 2.41. The number of aryl methyl sites for hydroxylation is 2. The maximum atomic E-state index is 4.59. The number of thiazole rings is 1. The molecule has 0 aromatic carbocycles. The van der Waals surface area contributed by atoms with Crippen molar-refractivity contribution in [3.63, 3.8) is 0 Å². The zero-order valence-electron chi connectivity index (χ0n) is 12.3. The second-order valence-electron chi connectivity index (χ2n) is 6.13. The van der Waals surface area contributed by atoms with Gasteiger partial charge < -0.3 is 5.32 Å². The maximum Gasteiger partial charge on any atom is 0.0900 e. The first-order chi connectivity index (χ1) is 8.51. The fourth-order valence-electron chi connectivity index (χ4n) is 3.70. The van der Waals surface area contributed by atoms with E-state index in [9.17, 15) is 0 Å². The maximum absolute atomic E-state index is 4.59. The van der Waals surface area contributed by atoms with Gasteiger partial charge in [0, 0.05) is 10.9 Å². The Morgan fingerprint density at radius 2 is 1.78 bits per heavy atom. The molecule has 1 saturated carbocycles. The van der Waals surface area contributed by atoms with Gasteiger partial charge in [-0.3, -0.25) is 0 Å². The minimum absolute atomic E-state index is 0.501. The molecule has 0 radical (unpaired) electrons. The van der Waals surface area contributed by atoms with Crippen LogP contribution in [-0.4, -0.2) is 12.0 Å². The Labute approximate surface area is 115 Å². The average molecular weight is 266 g/mol. The Bertz CT molecular complexity index is 389. The Hall–Kier alpha value is -0.410. The van der Waals surface area contributed by atoms with Crippen molar-refractivity contribution in [2.24, 2.45) is 17.8 Å². The monoisotopic (exact) mass is 266 g/mol. The van der Waals surface area contributed by atoms with Gasteiger partial charge in [-0.25, -0.2) is 4.98 Å². The van der Waals surface area contributed by atoms with E-state index >= 15 is 0 Å². The summed E-state index contributed by atoms with van der Waals surface area (Å²) < 4.78 is 0. The average Bonchev–Trinajstić information content (AvgIpc) is 2.58. The molecule has 0 saturated heterocycles. The van der Waals surface area contributed by atoms with E-state index in [1.807, 2.05) is 11.3 Å². The third-order valence-electron chi connectivity index (χ3n) is 4.22. The van der Waals surface area contributed by atoms with Crippen molar-refractivity contribution < 1.29 is 0 Å². The van der Waals surface area contributed by atoms with Gasteiger partial charge >= 0.3 is 0 Å². The summed E-state index contributed by atoms with van der Waals surface area (Å²) in [4.78, 5) is 6.05. The lowest BCUT2D eigenvalue weighted by atomic mass is 9.73. The van der Waals surface area contributed by atoms with Crippen LogP contribution in [-0.2, 0) is 0 Å².